The normalized spacial score (nSPS) is 17.1. The fourth-order valence-electron chi connectivity index (χ4n) is 2.64. The van der Waals surface area contributed by atoms with Gasteiger partial charge in [-0.3, -0.25) is 4.79 Å². The highest BCUT2D eigenvalue weighted by atomic mass is 35.5. The number of nitrogens with one attached hydrogen (secondary N) is 1. The first-order chi connectivity index (χ1) is 9.69. The molecule has 1 amide bonds. The number of benzene rings is 1. The number of hydrogen-bond donors (Lipinski definition) is 1. The van der Waals surface area contributed by atoms with Gasteiger partial charge in [0.2, 0.25) is 0 Å². The lowest BCUT2D eigenvalue weighted by atomic mass is 10.1. The lowest BCUT2D eigenvalue weighted by Gasteiger charge is -2.20. The molecule has 1 aliphatic heterocycles. The van der Waals surface area contributed by atoms with E-state index in [0.29, 0.717) is 17.4 Å². The van der Waals surface area contributed by atoms with Gasteiger partial charge in [0.15, 0.2) is 0 Å². The summed E-state index contributed by atoms with van der Waals surface area (Å²) in [5, 5.41) is 3.02. The molecule has 1 atom stereocenters. The number of alkyl halides is 1. The lowest BCUT2D eigenvalue weighted by Crippen LogP contribution is -2.34. The van der Waals surface area contributed by atoms with Crippen LogP contribution in [0.5, 0.6) is 0 Å². The predicted octanol–water partition coefficient (Wildman–Crippen LogP) is 2.89. The van der Waals surface area contributed by atoms with Crippen molar-refractivity contribution in [3.05, 3.63) is 35.4 Å². The van der Waals surface area contributed by atoms with Crippen molar-refractivity contribution in [2.75, 3.05) is 26.2 Å². The first-order valence-corrected chi connectivity index (χ1v) is 7.88. The summed E-state index contributed by atoms with van der Waals surface area (Å²) in [6, 6.07) is 7.49. The van der Waals surface area contributed by atoms with Crippen molar-refractivity contribution >= 4 is 17.5 Å². The number of amides is 1. The van der Waals surface area contributed by atoms with E-state index in [1.54, 1.807) is 0 Å². The van der Waals surface area contributed by atoms with Gasteiger partial charge in [0.25, 0.3) is 5.91 Å². The van der Waals surface area contributed by atoms with Crippen molar-refractivity contribution in [2.24, 2.45) is 5.92 Å². The molecule has 0 aromatic heterocycles. The van der Waals surface area contributed by atoms with Crippen molar-refractivity contribution in [1.29, 1.82) is 0 Å². The monoisotopic (exact) mass is 294 g/mol. The van der Waals surface area contributed by atoms with Gasteiger partial charge in [-0.15, -0.1) is 11.6 Å². The zero-order valence-corrected chi connectivity index (χ0v) is 12.8. The van der Waals surface area contributed by atoms with Crippen LogP contribution in [0.1, 0.15) is 35.7 Å². The fraction of sp³-hybridized carbons (Fsp3) is 0.562. The van der Waals surface area contributed by atoms with Crippen LogP contribution in [0.15, 0.2) is 24.3 Å². The topological polar surface area (TPSA) is 32.3 Å². The summed E-state index contributed by atoms with van der Waals surface area (Å²) in [5.41, 5.74) is 1.67. The summed E-state index contributed by atoms with van der Waals surface area (Å²) in [6.45, 7) is 6.39. The van der Waals surface area contributed by atoms with Gasteiger partial charge < -0.3 is 10.2 Å². The predicted molar refractivity (Wildman–Crippen MR) is 83.2 cm³/mol. The maximum atomic E-state index is 12.1. The molecule has 0 bridgehead atoms. The standard InChI is InChI=1S/C16H23ClN2O/c1-13(12-19-7-2-3-8-19)11-18-16(20)15-6-4-5-14(9-15)10-17/h4-6,9,13H,2-3,7-8,10-12H2,1H3,(H,18,20). The molecule has 0 radical (unpaired) electrons. The fourth-order valence-corrected chi connectivity index (χ4v) is 2.80. The van der Waals surface area contributed by atoms with E-state index < -0.39 is 0 Å². The zero-order chi connectivity index (χ0) is 14.4. The highest BCUT2D eigenvalue weighted by molar-refractivity contribution is 6.17. The minimum absolute atomic E-state index is 0.00904. The van der Waals surface area contributed by atoms with Crippen LogP contribution in [0.2, 0.25) is 0 Å². The molecular weight excluding hydrogens is 272 g/mol. The van der Waals surface area contributed by atoms with Crippen LogP contribution in [0.4, 0.5) is 0 Å². The van der Waals surface area contributed by atoms with Crippen LogP contribution in [-0.4, -0.2) is 37.0 Å². The van der Waals surface area contributed by atoms with E-state index in [-0.39, 0.29) is 5.91 Å². The van der Waals surface area contributed by atoms with Gasteiger partial charge in [0, 0.05) is 24.5 Å². The molecule has 2 rings (SSSR count). The Balaban J connectivity index is 1.78. The largest absolute Gasteiger partial charge is 0.352 e. The Labute approximate surface area is 126 Å². The second-order valence-electron chi connectivity index (χ2n) is 5.66. The van der Waals surface area contributed by atoms with E-state index in [9.17, 15) is 4.79 Å². The molecule has 110 valence electrons. The van der Waals surface area contributed by atoms with E-state index in [2.05, 4.69) is 17.1 Å². The Bertz CT molecular complexity index is 444. The van der Waals surface area contributed by atoms with Crippen LogP contribution in [0.3, 0.4) is 0 Å². The summed E-state index contributed by atoms with van der Waals surface area (Å²) < 4.78 is 0. The first kappa shape index (κ1) is 15.3. The summed E-state index contributed by atoms with van der Waals surface area (Å²) in [6.07, 6.45) is 2.62. The number of rotatable bonds is 6. The third kappa shape index (κ3) is 4.50. The number of likely N-dealkylation sites (tertiary alicyclic amines) is 1. The number of hydrogen-bond acceptors (Lipinski definition) is 2. The van der Waals surface area contributed by atoms with Crippen molar-refractivity contribution in [2.45, 2.75) is 25.6 Å². The third-order valence-electron chi connectivity index (χ3n) is 3.72. The lowest BCUT2D eigenvalue weighted by molar-refractivity contribution is 0.0945. The minimum atomic E-state index is -0.00904. The number of carbonyl (C=O) groups excluding carboxylic acids is 1. The minimum Gasteiger partial charge on any atom is -0.352 e. The molecular formula is C16H23ClN2O. The van der Waals surface area contributed by atoms with Crippen molar-refractivity contribution < 1.29 is 4.79 Å². The number of nitrogens with zero attached hydrogens (tertiary/aromatic N) is 1. The summed E-state index contributed by atoms with van der Waals surface area (Å²) >= 11 is 5.79. The van der Waals surface area contributed by atoms with Gasteiger partial charge in [0.05, 0.1) is 0 Å². The SMILES string of the molecule is CC(CNC(=O)c1cccc(CCl)c1)CN1CCCC1. The van der Waals surface area contributed by atoms with Crippen LogP contribution in [-0.2, 0) is 5.88 Å². The van der Waals surface area contributed by atoms with E-state index >= 15 is 0 Å². The second kappa shape index (κ2) is 7.65. The maximum Gasteiger partial charge on any atom is 0.251 e. The highest BCUT2D eigenvalue weighted by Crippen LogP contribution is 2.10. The second-order valence-corrected chi connectivity index (χ2v) is 5.92. The van der Waals surface area contributed by atoms with E-state index in [0.717, 1.165) is 18.7 Å². The molecule has 1 heterocycles. The molecule has 1 saturated heterocycles. The molecule has 3 nitrogen and oxygen atoms in total. The van der Waals surface area contributed by atoms with Crippen LogP contribution < -0.4 is 5.32 Å². The molecule has 20 heavy (non-hydrogen) atoms. The van der Waals surface area contributed by atoms with Crippen molar-refractivity contribution in [1.82, 2.24) is 10.2 Å². The number of carbonyl (C=O) groups is 1. The smallest absolute Gasteiger partial charge is 0.251 e. The average Bonchev–Trinajstić information content (AvgIpc) is 2.97. The Hall–Kier alpha value is -1.06. The highest BCUT2D eigenvalue weighted by Gasteiger charge is 2.15. The van der Waals surface area contributed by atoms with Crippen molar-refractivity contribution in [3.8, 4) is 0 Å². The Morgan fingerprint density at radius 1 is 1.40 bits per heavy atom. The molecule has 0 saturated carbocycles. The Morgan fingerprint density at radius 3 is 2.85 bits per heavy atom. The summed E-state index contributed by atoms with van der Waals surface area (Å²) in [4.78, 5) is 14.6. The quantitative estimate of drug-likeness (QED) is 0.818. The Kier molecular flexibility index (Phi) is 5.86. The van der Waals surface area contributed by atoms with E-state index in [1.807, 2.05) is 24.3 Å². The molecule has 1 unspecified atom stereocenters. The maximum absolute atomic E-state index is 12.1. The zero-order valence-electron chi connectivity index (χ0n) is 12.1. The van der Waals surface area contributed by atoms with Crippen LogP contribution in [0.25, 0.3) is 0 Å². The van der Waals surface area contributed by atoms with Crippen LogP contribution in [0, 0.1) is 5.92 Å². The molecule has 0 spiro atoms. The first-order valence-electron chi connectivity index (χ1n) is 7.34. The summed E-state index contributed by atoms with van der Waals surface area (Å²) in [7, 11) is 0. The summed E-state index contributed by atoms with van der Waals surface area (Å²) in [5.74, 6) is 0.908. The molecule has 4 heteroatoms. The van der Waals surface area contributed by atoms with E-state index in [1.165, 1.54) is 25.9 Å². The molecule has 1 aliphatic rings. The molecule has 1 aromatic carbocycles. The van der Waals surface area contributed by atoms with Gasteiger partial charge in [0.1, 0.15) is 0 Å². The molecule has 0 aliphatic carbocycles. The van der Waals surface area contributed by atoms with Gasteiger partial charge in [-0.05, 0) is 49.5 Å². The molecule has 1 aromatic rings. The van der Waals surface area contributed by atoms with Gasteiger partial charge in [-0.2, -0.15) is 0 Å². The molecule has 1 N–H and O–H groups in total. The molecule has 1 fully saturated rings. The van der Waals surface area contributed by atoms with Gasteiger partial charge >= 0.3 is 0 Å². The van der Waals surface area contributed by atoms with Gasteiger partial charge in [-0.1, -0.05) is 19.1 Å². The third-order valence-corrected chi connectivity index (χ3v) is 4.03. The Morgan fingerprint density at radius 2 is 2.15 bits per heavy atom. The average molecular weight is 295 g/mol. The van der Waals surface area contributed by atoms with E-state index in [4.69, 9.17) is 11.6 Å². The van der Waals surface area contributed by atoms with Gasteiger partial charge in [-0.25, -0.2) is 0 Å². The number of halogens is 1. The van der Waals surface area contributed by atoms with Crippen molar-refractivity contribution in [3.63, 3.8) is 0 Å². The van der Waals surface area contributed by atoms with Crippen LogP contribution >= 0.6 is 11.6 Å².